The van der Waals surface area contributed by atoms with Gasteiger partial charge in [0, 0.05) is 29.3 Å². The molecule has 1 N–H and O–H groups in total. The van der Waals surface area contributed by atoms with Crippen molar-refractivity contribution in [3.05, 3.63) is 72.6 Å². The summed E-state index contributed by atoms with van der Waals surface area (Å²) in [5.74, 6) is 1.50. The van der Waals surface area contributed by atoms with Crippen molar-refractivity contribution in [2.75, 3.05) is 19.7 Å². The van der Waals surface area contributed by atoms with Crippen LogP contribution in [0.3, 0.4) is 0 Å². The van der Waals surface area contributed by atoms with Gasteiger partial charge in [-0.3, -0.25) is 4.98 Å². The fourth-order valence-electron chi connectivity index (χ4n) is 4.56. The number of nitrogens with zero attached hydrogens (tertiary/aromatic N) is 3. The molecule has 0 aliphatic carbocycles. The Morgan fingerprint density at radius 3 is 2.56 bits per heavy atom. The lowest BCUT2D eigenvalue weighted by molar-refractivity contribution is 0.340. The maximum Gasteiger partial charge on any atom is 0.119 e. The van der Waals surface area contributed by atoms with Crippen LogP contribution in [-0.4, -0.2) is 29.2 Å². The number of pyridine rings is 1. The average molecular weight is 423 g/mol. The van der Waals surface area contributed by atoms with Crippen molar-refractivity contribution in [2.45, 2.75) is 19.9 Å². The molecule has 32 heavy (non-hydrogen) atoms. The SMILES string of the molecule is CCOc1ccc(-c2ncc3c(ccn3CC3CCNC3)c2-c2ccc(C#N)cc2)cc1. The summed E-state index contributed by atoms with van der Waals surface area (Å²) in [4.78, 5) is 4.94. The van der Waals surface area contributed by atoms with Crippen LogP contribution >= 0.6 is 0 Å². The van der Waals surface area contributed by atoms with Gasteiger partial charge in [-0.2, -0.15) is 5.26 Å². The molecular formula is C27H26N4O. The summed E-state index contributed by atoms with van der Waals surface area (Å²) < 4.78 is 7.94. The van der Waals surface area contributed by atoms with Crippen molar-refractivity contribution in [3.8, 4) is 34.2 Å². The molecule has 160 valence electrons. The van der Waals surface area contributed by atoms with Gasteiger partial charge in [-0.15, -0.1) is 0 Å². The zero-order valence-electron chi connectivity index (χ0n) is 18.2. The Bertz CT molecular complexity index is 1260. The fourth-order valence-corrected chi connectivity index (χ4v) is 4.56. The Morgan fingerprint density at radius 2 is 1.88 bits per heavy atom. The number of aromatic nitrogens is 2. The molecule has 1 saturated heterocycles. The van der Waals surface area contributed by atoms with Crippen LogP contribution in [0.1, 0.15) is 18.9 Å². The normalized spacial score (nSPS) is 15.7. The molecule has 2 aromatic carbocycles. The zero-order chi connectivity index (χ0) is 21.9. The van der Waals surface area contributed by atoms with Gasteiger partial charge in [0.25, 0.3) is 0 Å². The van der Waals surface area contributed by atoms with Crippen LogP contribution in [0.2, 0.25) is 0 Å². The predicted octanol–water partition coefficient (Wildman–Crippen LogP) is 5.25. The topological polar surface area (TPSA) is 62.9 Å². The fraction of sp³-hybridized carbons (Fsp3) is 0.259. The lowest BCUT2D eigenvalue weighted by Gasteiger charge is -2.14. The highest BCUT2D eigenvalue weighted by Crippen LogP contribution is 2.38. The minimum Gasteiger partial charge on any atom is -0.494 e. The van der Waals surface area contributed by atoms with E-state index in [0.29, 0.717) is 18.1 Å². The van der Waals surface area contributed by atoms with Gasteiger partial charge in [-0.25, -0.2) is 0 Å². The summed E-state index contributed by atoms with van der Waals surface area (Å²) in [6, 6.07) is 20.3. The number of rotatable bonds is 6. The molecule has 0 saturated carbocycles. The number of hydrogen-bond donors (Lipinski definition) is 1. The molecule has 5 rings (SSSR count). The number of ether oxygens (including phenoxy) is 1. The Balaban J connectivity index is 1.64. The second-order valence-electron chi connectivity index (χ2n) is 8.25. The predicted molar refractivity (Wildman–Crippen MR) is 127 cm³/mol. The smallest absolute Gasteiger partial charge is 0.119 e. The quantitative estimate of drug-likeness (QED) is 0.461. The molecule has 3 heterocycles. The highest BCUT2D eigenvalue weighted by Gasteiger charge is 2.19. The standard InChI is InChI=1S/C27H26N4O/c1-2-32-23-9-7-22(8-10-23)27-26(21-5-3-19(15-28)4-6-21)24-12-14-31(25(24)17-30-27)18-20-11-13-29-16-20/h3-10,12,14,17,20,29H,2,11,13,16,18H2,1H3. The molecule has 2 aromatic heterocycles. The molecule has 1 atom stereocenters. The van der Waals surface area contributed by atoms with Gasteiger partial charge in [-0.1, -0.05) is 12.1 Å². The minimum absolute atomic E-state index is 0.643. The number of nitrogens with one attached hydrogen (secondary N) is 1. The van der Waals surface area contributed by atoms with Crippen LogP contribution in [0.15, 0.2) is 67.0 Å². The third kappa shape index (κ3) is 3.86. The first-order valence-corrected chi connectivity index (χ1v) is 11.2. The summed E-state index contributed by atoms with van der Waals surface area (Å²) in [6.07, 6.45) is 5.39. The summed E-state index contributed by atoms with van der Waals surface area (Å²) >= 11 is 0. The third-order valence-corrected chi connectivity index (χ3v) is 6.19. The molecule has 0 spiro atoms. The van der Waals surface area contributed by atoms with Crippen LogP contribution < -0.4 is 10.1 Å². The number of benzene rings is 2. The van der Waals surface area contributed by atoms with Crippen LogP contribution in [0.4, 0.5) is 0 Å². The van der Waals surface area contributed by atoms with Gasteiger partial charge in [0.2, 0.25) is 0 Å². The molecule has 1 unspecified atom stereocenters. The van der Waals surface area contributed by atoms with E-state index < -0.39 is 0 Å². The van der Waals surface area contributed by atoms with Crippen molar-refractivity contribution in [2.24, 2.45) is 5.92 Å². The van der Waals surface area contributed by atoms with Gasteiger partial charge in [0.15, 0.2) is 0 Å². The monoisotopic (exact) mass is 422 g/mol. The average Bonchev–Trinajstić information content (AvgIpc) is 3.50. The molecule has 0 amide bonds. The van der Waals surface area contributed by atoms with Crippen molar-refractivity contribution < 1.29 is 4.74 Å². The van der Waals surface area contributed by atoms with E-state index in [1.807, 2.05) is 49.5 Å². The minimum atomic E-state index is 0.643. The summed E-state index contributed by atoms with van der Waals surface area (Å²) in [5, 5.41) is 13.9. The molecule has 1 fully saturated rings. The molecular weight excluding hydrogens is 396 g/mol. The lowest BCUT2D eigenvalue weighted by atomic mass is 9.95. The van der Waals surface area contributed by atoms with E-state index in [4.69, 9.17) is 9.72 Å². The van der Waals surface area contributed by atoms with E-state index in [0.717, 1.165) is 53.3 Å². The van der Waals surface area contributed by atoms with Crippen molar-refractivity contribution >= 4 is 10.9 Å². The van der Waals surface area contributed by atoms with E-state index in [9.17, 15) is 5.26 Å². The highest BCUT2D eigenvalue weighted by atomic mass is 16.5. The van der Waals surface area contributed by atoms with Crippen molar-refractivity contribution in [1.82, 2.24) is 14.9 Å². The van der Waals surface area contributed by atoms with Gasteiger partial charge in [0.05, 0.1) is 35.6 Å². The summed E-state index contributed by atoms with van der Waals surface area (Å²) in [5.41, 5.74) is 5.94. The number of hydrogen-bond acceptors (Lipinski definition) is 4. The van der Waals surface area contributed by atoms with Gasteiger partial charge in [-0.05, 0) is 80.4 Å². The molecule has 1 aliphatic rings. The first-order valence-electron chi connectivity index (χ1n) is 11.2. The molecule has 0 radical (unpaired) electrons. The molecule has 0 bridgehead atoms. The Morgan fingerprint density at radius 1 is 1.09 bits per heavy atom. The Labute approximate surface area is 188 Å². The Hall–Kier alpha value is -3.62. The van der Waals surface area contributed by atoms with E-state index >= 15 is 0 Å². The summed E-state index contributed by atoms with van der Waals surface area (Å²) in [6.45, 7) is 5.79. The van der Waals surface area contributed by atoms with Gasteiger partial charge in [0.1, 0.15) is 5.75 Å². The second kappa shape index (κ2) is 8.86. The first-order chi connectivity index (χ1) is 15.8. The molecule has 4 aromatic rings. The molecule has 1 aliphatic heterocycles. The van der Waals surface area contributed by atoms with E-state index in [1.165, 1.54) is 11.8 Å². The number of fused-ring (bicyclic) bond motifs is 1. The van der Waals surface area contributed by atoms with Crippen molar-refractivity contribution in [1.29, 1.82) is 5.26 Å². The van der Waals surface area contributed by atoms with Crippen molar-refractivity contribution in [3.63, 3.8) is 0 Å². The van der Waals surface area contributed by atoms with Crippen LogP contribution in [0, 0.1) is 17.2 Å². The first kappa shape index (κ1) is 20.3. The Kier molecular flexibility index (Phi) is 5.62. The van der Waals surface area contributed by atoms with E-state index in [2.05, 4.69) is 40.3 Å². The highest BCUT2D eigenvalue weighted by molar-refractivity contribution is 6.01. The molecule has 5 heteroatoms. The van der Waals surface area contributed by atoms with Crippen LogP contribution in [0.5, 0.6) is 5.75 Å². The second-order valence-corrected chi connectivity index (χ2v) is 8.25. The van der Waals surface area contributed by atoms with Gasteiger partial charge >= 0.3 is 0 Å². The van der Waals surface area contributed by atoms with Crippen LogP contribution in [-0.2, 0) is 6.54 Å². The van der Waals surface area contributed by atoms with Gasteiger partial charge < -0.3 is 14.6 Å². The maximum atomic E-state index is 9.23. The number of nitriles is 1. The summed E-state index contributed by atoms with van der Waals surface area (Å²) in [7, 11) is 0. The largest absolute Gasteiger partial charge is 0.494 e. The molecule has 5 nitrogen and oxygen atoms in total. The van der Waals surface area contributed by atoms with Crippen LogP contribution in [0.25, 0.3) is 33.3 Å². The lowest BCUT2D eigenvalue weighted by Crippen LogP contribution is -2.14. The van der Waals surface area contributed by atoms with E-state index in [-0.39, 0.29) is 0 Å². The third-order valence-electron chi connectivity index (χ3n) is 6.19. The maximum absolute atomic E-state index is 9.23. The zero-order valence-corrected chi connectivity index (χ0v) is 18.2. The van der Waals surface area contributed by atoms with E-state index in [1.54, 1.807) is 0 Å².